The van der Waals surface area contributed by atoms with Crippen molar-refractivity contribution in [2.45, 2.75) is 12.8 Å². The second-order valence-electron chi connectivity index (χ2n) is 6.04. The monoisotopic (exact) mass is 354 g/mol. The second kappa shape index (κ2) is 7.91. The van der Waals surface area contributed by atoms with Gasteiger partial charge < -0.3 is 14.4 Å². The van der Waals surface area contributed by atoms with Gasteiger partial charge in [0, 0.05) is 24.2 Å². The molecule has 2 aromatic rings. The Morgan fingerprint density at radius 1 is 1.08 bits per heavy atom. The number of hydrogen-bond acceptors (Lipinski definition) is 4. The Morgan fingerprint density at radius 3 is 2.42 bits per heavy atom. The topological polar surface area (TPSA) is 59.1 Å². The SMILES string of the molecule is COc1ccc(C(=O)N(CN2CCCC2=O)c2ccccc2)cc1OC. The van der Waals surface area contributed by atoms with E-state index in [1.807, 2.05) is 30.3 Å². The molecule has 136 valence electrons. The lowest BCUT2D eigenvalue weighted by Crippen LogP contribution is -2.42. The number of carbonyl (C=O) groups excluding carboxylic acids is 2. The van der Waals surface area contributed by atoms with E-state index in [1.165, 1.54) is 7.11 Å². The summed E-state index contributed by atoms with van der Waals surface area (Å²) in [5.41, 5.74) is 1.21. The van der Waals surface area contributed by atoms with E-state index < -0.39 is 0 Å². The number of nitrogens with zero attached hydrogens (tertiary/aromatic N) is 2. The standard InChI is InChI=1S/C20H22N2O4/c1-25-17-11-10-15(13-18(17)26-2)20(24)22(16-7-4-3-5-8-16)14-21-12-6-9-19(21)23/h3-5,7-8,10-11,13H,6,9,12,14H2,1-2H3. The molecule has 3 rings (SSSR count). The average Bonchev–Trinajstić information content (AvgIpc) is 3.10. The molecule has 6 heteroatoms. The van der Waals surface area contributed by atoms with Crippen LogP contribution in [0.25, 0.3) is 0 Å². The summed E-state index contributed by atoms with van der Waals surface area (Å²) in [6.45, 7) is 0.900. The number of rotatable bonds is 6. The number of hydrogen-bond donors (Lipinski definition) is 0. The Labute approximate surface area is 152 Å². The highest BCUT2D eigenvalue weighted by Crippen LogP contribution is 2.29. The molecule has 0 spiro atoms. The van der Waals surface area contributed by atoms with Crippen LogP contribution in [0.5, 0.6) is 11.5 Å². The Bertz CT molecular complexity index is 792. The van der Waals surface area contributed by atoms with Gasteiger partial charge in [-0.1, -0.05) is 18.2 Å². The summed E-state index contributed by atoms with van der Waals surface area (Å²) in [5.74, 6) is 0.927. The van der Waals surface area contributed by atoms with Gasteiger partial charge in [-0.2, -0.15) is 0 Å². The smallest absolute Gasteiger partial charge is 0.259 e. The molecule has 0 unspecified atom stereocenters. The maximum absolute atomic E-state index is 13.2. The minimum Gasteiger partial charge on any atom is -0.493 e. The van der Waals surface area contributed by atoms with Crippen molar-refractivity contribution in [3.8, 4) is 11.5 Å². The van der Waals surface area contributed by atoms with Crippen LogP contribution in [-0.2, 0) is 4.79 Å². The van der Waals surface area contributed by atoms with Gasteiger partial charge in [-0.05, 0) is 36.8 Å². The molecule has 26 heavy (non-hydrogen) atoms. The summed E-state index contributed by atoms with van der Waals surface area (Å²) >= 11 is 0. The zero-order valence-corrected chi connectivity index (χ0v) is 15.0. The molecule has 1 saturated heterocycles. The van der Waals surface area contributed by atoms with Gasteiger partial charge in [0.1, 0.15) is 6.67 Å². The van der Waals surface area contributed by atoms with E-state index in [2.05, 4.69) is 0 Å². The molecular weight excluding hydrogens is 332 g/mol. The summed E-state index contributed by atoms with van der Waals surface area (Å²) in [6, 6.07) is 14.4. The predicted molar refractivity (Wildman–Crippen MR) is 98.6 cm³/mol. The van der Waals surface area contributed by atoms with Gasteiger partial charge in [0.05, 0.1) is 14.2 Å². The number of ether oxygens (including phenoxy) is 2. The summed E-state index contributed by atoms with van der Waals surface area (Å²) in [4.78, 5) is 28.6. The van der Waals surface area contributed by atoms with Gasteiger partial charge in [0.2, 0.25) is 5.91 Å². The van der Waals surface area contributed by atoms with E-state index in [0.29, 0.717) is 30.0 Å². The third-order valence-corrected chi connectivity index (χ3v) is 4.43. The molecular formula is C20H22N2O4. The minimum absolute atomic E-state index is 0.0750. The number of amides is 2. The van der Waals surface area contributed by atoms with Gasteiger partial charge >= 0.3 is 0 Å². The molecule has 1 aliphatic rings. The van der Waals surface area contributed by atoms with Crippen molar-refractivity contribution in [1.82, 2.24) is 4.90 Å². The number of likely N-dealkylation sites (tertiary alicyclic amines) is 1. The van der Waals surface area contributed by atoms with Crippen LogP contribution in [0.1, 0.15) is 23.2 Å². The van der Waals surface area contributed by atoms with Gasteiger partial charge in [-0.3, -0.25) is 14.5 Å². The highest BCUT2D eigenvalue weighted by atomic mass is 16.5. The van der Waals surface area contributed by atoms with E-state index in [9.17, 15) is 9.59 Å². The number of anilines is 1. The summed E-state index contributed by atoms with van der Waals surface area (Å²) in [5, 5.41) is 0. The molecule has 0 aromatic heterocycles. The normalized spacial score (nSPS) is 13.6. The van der Waals surface area contributed by atoms with Crippen LogP contribution in [0.2, 0.25) is 0 Å². The molecule has 0 saturated carbocycles. The predicted octanol–water partition coefficient (Wildman–Crippen LogP) is 2.93. The van der Waals surface area contributed by atoms with Gasteiger partial charge in [-0.15, -0.1) is 0 Å². The average molecular weight is 354 g/mol. The zero-order valence-electron chi connectivity index (χ0n) is 15.0. The number of methoxy groups -OCH3 is 2. The van der Waals surface area contributed by atoms with Crippen molar-refractivity contribution in [1.29, 1.82) is 0 Å². The Hall–Kier alpha value is -3.02. The largest absolute Gasteiger partial charge is 0.493 e. The fourth-order valence-corrected chi connectivity index (χ4v) is 3.02. The quantitative estimate of drug-likeness (QED) is 0.800. The first-order valence-electron chi connectivity index (χ1n) is 8.50. The third-order valence-electron chi connectivity index (χ3n) is 4.43. The van der Waals surface area contributed by atoms with Crippen LogP contribution in [0.3, 0.4) is 0 Å². The first-order valence-corrected chi connectivity index (χ1v) is 8.50. The first-order chi connectivity index (χ1) is 12.6. The van der Waals surface area contributed by atoms with Gasteiger partial charge in [0.25, 0.3) is 5.91 Å². The van der Waals surface area contributed by atoms with Gasteiger partial charge in [0.15, 0.2) is 11.5 Å². The second-order valence-corrected chi connectivity index (χ2v) is 6.04. The van der Waals surface area contributed by atoms with Crippen molar-refractivity contribution in [3.05, 3.63) is 54.1 Å². The molecule has 0 aliphatic carbocycles. The van der Waals surface area contributed by atoms with Crippen LogP contribution in [0, 0.1) is 0 Å². The Kier molecular flexibility index (Phi) is 5.41. The van der Waals surface area contributed by atoms with E-state index in [-0.39, 0.29) is 18.5 Å². The lowest BCUT2D eigenvalue weighted by molar-refractivity contribution is -0.127. The van der Waals surface area contributed by atoms with Crippen LogP contribution in [0.4, 0.5) is 5.69 Å². The number of para-hydroxylation sites is 1. The van der Waals surface area contributed by atoms with Crippen molar-refractivity contribution < 1.29 is 19.1 Å². The first kappa shape index (κ1) is 17.8. The van der Waals surface area contributed by atoms with Crippen LogP contribution < -0.4 is 14.4 Å². The Balaban J connectivity index is 1.93. The van der Waals surface area contributed by atoms with Crippen LogP contribution >= 0.6 is 0 Å². The molecule has 2 aromatic carbocycles. The molecule has 0 N–H and O–H groups in total. The fraction of sp³-hybridized carbons (Fsp3) is 0.300. The molecule has 1 aliphatic heterocycles. The highest BCUT2D eigenvalue weighted by Gasteiger charge is 2.26. The molecule has 0 atom stereocenters. The van der Waals surface area contributed by atoms with Crippen LogP contribution in [0.15, 0.2) is 48.5 Å². The summed E-state index contributed by atoms with van der Waals surface area (Å²) in [6.07, 6.45) is 1.36. The van der Waals surface area contributed by atoms with Crippen molar-refractivity contribution in [3.63, 3.8) is 0 Å². The van der Waals surface area contributed by atoms with E-state index in [4.69, 9.17) is 9.47 Å². The zero-order chi connectivity index (χ0) is 18.5. The number of benzene rings is 2. The molecule has 1 fully saturated rings. The third kappa shape index (κ3) is 3.64. The molecule has 0 bridgehead atoms. The fourth-order valence-electron chi connectivity index (χ4n) is 3.02. The molecule has 0 radical (unpaired) electrons. The minimum atomic E-state index is -0.197. The highest BCUT2D eigenvalue weighted by molar-refractivity contribution is 6.06. The molecule has 1 heterocycles. The van der Waals surface area contributed by atoms with Gasteiger partial charge in [-0.25, -0.2) is 0 Å². The van der Waals surface area contributed by atoms with Crippen molar-refractivity contribution in [2.75, 3.05) is 32.3 Å². The van der Waals surface area contributed by atoms with Crippen LogP contribution in [-0.4, -0.2) is 44.1 Å². The lowest BCUT2D eigenvalue weighted by Gasteiger charge is -2.28. The summed E-state index contributed by atoms with van der Waals surface area (Å²) in [7, 11) is 3.08. The maximum Gasteiger partial charge on any atom is 0.259 e. The van der Waals surface area contributed by atoms with E-state index in [0.717, 1.165) is 12.1 Å². The van der Waals surface area contributed by atoms with Crippen molar-refractivity contribution >= 4 is 17.5 Å². The lowest BCUT2D eigenvalue weighted by atomic mass is 10.1. The summed E-state index contributed by atoms with van der Waals surface area (Å²) < 4.78 is 10.5. The Morgan fingerprint density at radius 2 is 1.81 bits per heavy atom. The van der Waals surface area contributed by atoms with E-state index in [1.54, 1.807) is 35.1 Å². The number of carbonyl (C=O) groups is 2. The van der Waals surface area contributed by atoms with Crippen molar-refractivity contribution in [2.24, 2.45) is 0 Å². The van der Waals surface area contributed by atoms with E-state index >= 15 is 0 Å². The maximum atomic E-state index is 13.2. The molecule has 6 nitrogen and oxygen atoms in total. The molecule has 2 amide bonds.